The Bertz CT molecular complexity index is 308. The Hall–Kier alpha value is -0.670. The monoisotopic (exact) mass is 210 g/mol. The molecular weight excluding hydrogens is 196 g/mol. The highest BCUT2D eigenvalue weighted by atomic mass is 32.2. The maximum atomic E-state index is 10.0. The average molecular weight is 210 g/mol. The number of aromatic hydroxyl groups is 1. The minimum Gasteiger partial charge on any atom is -0.508 e. The molecule has 0 aromatic heterocycles. The van der Waals surface area contributed by atoms with Gasteiger partial charge >= 0.3 is 0 Å². The van der Waals surface area contributed by atoms with Crippen LogP contribution < -0.4 is 0 Å². The smallest absolute Gasteiger partial charge is 0.115 e. The van der Waals surface area contributed by atoms with Gasteiger partial charge in [0.2, 0.25) is 0 Å². The lowest BCUT2D eigenvalue weighted by molar-refractivity contribution is 0.121. The summed E-state index contributed by atoms with van der Waals surface area (Å²) in [6.07, 6.45) is 0.652. The lowest BCUT2D eigenvalue weighted by Gasteiger charge is -2.17. The third-order valence-corrected chi connectivity index (χ3v) is 3.81. The number of thioether (sulfide) groups is 1. The Morgan fingerprint density at radius 2 is 2.29 bits per heavy atom. The maximum Gasteiger partial charge on any atom is 0.115 e. The summed E-state index contributed by atoms with van der Waals surface area (Å²) in [5.74, 6) is 2.74. The average Bonchev–Trinajstić information content (AvgIpc) is 2.69. The van der Waals surface area contributed by atoms with Gasteiger partial charge in [0.15, 0.2) is 0 Å². The van der Waals surface area contributed by atoms with Crippen molar-refractivity contribution < 1.29 is 10.2 Å². The molecule has 14 heavy (non-hydrogen) atoms. The lowest BCUT2D eigenvalue weighted by atomic mass is 9.95. The first kappa shape index (κ1) is 9.87. The van der Waals surface area contributed by atoms with Crippen LogP contribution in [0.4, 0.5) is 0 Å². The van der Waals surface area contributed by atoms with E-state index in [2.05, 4.69) is 0 Å². The molecule has 2 unspecified atom stereocenters. The third-order valence-electron chi connectivity index (χ3n) is 2.62. The van der Waals surface area contributed by atoms with E-state index in [-0.39, 0.29) is 5.75 Å². The van der Waals surface area contributed by atoms with Gasteiger partial charge < -0.3 is 10.2 Å². The molecule has 1 aliphatic heterocycles. The summed E-state index contributed by atoms with van der Waals surface area (Å²) >= 11 is 1.89. The molecule has 76 valence electrons. The van der Waals surface area contributed by atoms with Crippen LogP contribution in [0.1, 0.15) is 18.1 Å². The molecule has 0 aliphatic carbocycles. The molecule has 2 nitrogen and oxygen atoms in total. The van der Waals surface area contributed by atoms with Crippen molar-refractivity contribution in [2.45, 2.75) is 12.5 Å². The van der Waals surface area contributed by atoms with Crippen LogP contribution in [-0.2, 0) is 0 Å². The first-order valence-corrected chi connectivity index (χ1v) is 5.97. The molecule has 0 spiro atoms. The third kappa shape index (κ3) is 2.04. The molecule has 1 saturated heterocycles. The van der Waals surface area contributed by atoms with Crippen LogP contribution in [0.15, 0.2) is 24.3 Å². The Kier molecular flexibility index (Phi) is 2.99. The number of aliphatic hydroxyl groups is 1. The molecule has 0 bridgehead atoms. The molecule has 0 saturated carbocycles. The van der Waals surface area contributed by atoms with E-state index < -0.39 is 6.10 Å². The zero-order valence-corrected chi connectivity index (χ0v) is 8.70. The van der Waals surface area contributed by atoms with Crippen molar-refractivity contribution in [3.8, 4) is 5.75 Å². The van der Waals surface area contributed by atoms with Gasteiger partial charge in [-0.25, -0.2) is 0 Å². The van der Waals surface area contributed by atoms with Gasteiger partial charge in [0.05, 0.1) is 6.10 Å². The standard InChI is InChI=1S/C11H14O2S/c12-10-3-1-2-8(6-10)11(13)9-4-5-14-7-9/h1-3,6,9,11-13H,4-5,7H2. The minimum atomic E-state index is -0.419. The van der Waals surface area contributed by atoms with Gasteiger partial charge in [0, 0.05) is 0 Å². The predicted octanol–water partition coefficient (Wildman–Crippen LogP) is 2.18. The summed E-state index contributed by atoms with van der Waals surface area (Å²) < 4.78 is 0. The van der Waals surface area contributed by atoms with Gasteiger partial charge in [0.25, 0.3) is 0 Å². The second-order valence-corrected chi connectivity index (χ2v) is 4.81. The molecule has 1 heterocycles. The second-order valence-electron chi connectivity index (χ2n) is 3.66. The zero-order chi connectivity index (χ0) is 9.97. The minimum absolute atomic E-state index is 0.229. The first-order chi connectivity index (χ1) is 6.77. The molecule has 2 rings (SSSR count). The summed E-state index contributed by atoms with van der Waals surface area (Å²) in [6.45, 7) is 0. The van der Waals surface area contributed by atoms with Gasteiger partial charge in [-0.05, 0) is 41.5 Å². The molecule has 1 aromatic rings. The summed E-state index contributed by atoms with van der Waals surface area (Å²) in [4.78, 5) is 0. The quantitative estimate of drug-likeness (QED) is 0.786. The van der Waals surface area contributed by atoms with Crippen LogP contribution >= 0.6 is 11.8 Å². The number of rotatable bonds is 2. The highest BCUT2D eigenvalue weighted by Gasteiger charge is 2.24. The predicted molar refractivity (Wildman–Crippen MR) is 58.5 cm³/mol. The highest BCUT2D eigenvalue weighted by Crippen LogP contribution is 2.34. The van der Waals surface area contributed by atoms with Gasteiger partial charge in [-0.1, -0.05) is 12.1 Å². The van der Waals surface area contributed by atoms with Gasteiger partial charge in [0.1, 0.15) is 5.75 Å². The molecular formula is C11H14O2S. The molecule has 1 aromatic carbocycles. The van der Waals surface area contributed by atoms with Crippen molar-refractivity contribution in [2.75, 3.05) is 11.5 Å². The molecule has 2 atom stereocenters. The Labute approximate surface area is 88.0 Å². The summed E-state index contributed by atoms with van der Waals surface area (Å²) in [7, 11) is 0. The number of phenolic OH excluding ortho intramolecular Hbond substituents is 1. The fourth-order valence-electron chi connectivity index (χ4n) is 1.78. The summed E-state index contributed by atoms with van der Waals surface area (Å²) in [5.41, 5.74) is 0.831. The number of phenols is 1. The second kappa shape index (κ2) is 4.24. The number of hydrogen-bond donors (Lipinski definition) is 2. The van der Waals surface area contributed by atoms with Crippen molar-refractivity contribution in [3.63, 3.8) is 0 Å². The fourth-order valence-corrected chi connectivity index (χ4v) is 3.07. The topological polar surface area (TPSA) is 40.5 Å². The first-order valence-electron chi connectivity index (χ1n) is 4.82. The SMILES string of the molecule is Oc1cccc(C(O)C2CCSC2)c1. The lowest BCUT2D eigenvalue weighted by Crippen LogP contribution is -2.11. The molecule has 1 aliphatic rings. The van der Waals surface area contributed by atoms with E-state index in [9.17, 15) is 10.2 Å². The van der Waals surface area contributed by atoms with Crippen LogP contribution in [-0.4, -0.2) is 21.7 Å². The van der Waals surface area contributed by atoms with Crippen molar-refractivity contribution in [2.24, 2.45) is 5.92 Å². The van der Waals surface area contributed by atoms with E-state index in [1.165, 1.54) is 0 Å². The van der Waals surface area contributed by atoms with Crippen molar-refractivity contribution in [1.82, 2.24) is 0 Å². The Morgan fingerprint density at radius 1 is 1.43 bits per heavy atom. The van der Waals surface area contributed by atoms with E-state index in [4.69, 9.17) is 0 Å². The van der Waals surface area contributed by atoms with E-state index in [0.717, 1.165) is 23.5 Å². The highest BCUT2D eigenvalue weighted by molar-refractivity contribution is 7.99. The van der Waals surface area contributed by atoms with E-state index in [1.54, 1.807) is 18.2 Å². The molecule has 0 radical (unpaired) electrons. The van der Waals surface area contributed by atoms with Gasteiger partial charge in [-0.3, -0.25) is 0 Å². The van der Waals surface area contributed by atoms with Crippen molar-refractivity contribution >= 4 is 11.8 Å². The van der Waals surface area contributed by atoms with Gasteiger partial charge in [-0.15, -0.1) is 0 Å². The molecule has 2 N–H and O–H groups in total. The van der Waals surface area contributed by atoms with Crippen LogP contribution in [0.25, 0.3) is 0 Å². The van der Waals surface area contributed by atoms with E-state index in [0.29, 0.717) is 5.92 Å². The van der Waals surface area contributed by atoms with Crippen molar-refractivity contribution in [3.05, 3.63) is 29.8 Å². The largest absolute Gasteiger partial charge is 0.508 e. The van der Waals surface area contributed by atoms with Crippen LogP contribution in [0.5, 0.6) is 5.75 Å². The number of hydrogen-bond acceptors (Lipinski definition) is 3. The summed E-state index contributed by atoms with van der Waals surface area (Å²) in [5, 5.41) is 19.3. The molecule has 0 amide bonds. The van der Waals surface area contributed by atoms with Gasteiger partial charge in [-0.2, -0.15) is 11.8 Å². The Balaban J connectivity index is 2.13. The number of aliphatic hydroxyl groups excluding tert-OH is 1. The fraction of sp³-hybridized carbons (Fsp3) is 0.455. The summed E-state index contributed by atoms with van der Waals surface area (Å²) in [6, 6.07) is 6.91. The Morgan fingerprint density at radius 3 is 2.93 bits per heavy atom. The van der Waals surface area contributed by atoms with Crippen LogP contribution in [0, 0.1) is 5.92 Å². The van der Waals surface area contributed by atoms with Crippen LogP contribution in [0.2, 0.25) is 0 Å². The zero-order valence-electron chi connectivity index (χ0n) is 7.89. The molecule has 1 fully saturated rings. The van der Waals surface area contributed by atoms with Crippen molar-refractivity contribution in [1.29, 1.82) is 0 Å². The van der Waals surface area contributed by atoms with E-state index >= 15 is 0 Å². The molecule has 3 heteroatoms. The van der Waals surface area contributed by atoms with Crippen LogP contribution in [0.3, 0.4) is 0 Å². The maximum absolute atomic E-state index is 10.0. The number of benzene rings is 1. The van der Waals surface area contributed by atoms with E-state index in [1.807, 2.05) is 17.8 Å². The normalized spacial score (nSPS) is 23.6.